The highest BCUT2D eigenvalue weighted by Crippen LogP contribution is 2.40. The first-order valence-corrected chi connectivity index (χ1v) is 11.9. The van der Waals surface area contributed by atoms with Crippen molar-refractivity contribution < 1.29 is 18.7 Å². The lowest BCUT2D eigenvalue weighted by Crippen LogP contribution is -2.51. The number of likely N-dealkylation sites (tertiary alicyclic amines) is 1. The van der Waals surface area contributed by atoms with Crippen LogP contribution in [0.25, 0.3) is 11.1 Å². The summed E-state index contributed by atoms with van der Waals surface area (Å²) in [7, 11) is 0. The van der Waals surface area contributed by atoms with Gasteiger partial charge >= 0.3 is 0 Å². The maximum atomic E-state index is 13.1. The van der Waals surface area contributed by atoms with E-state index in [1.165, 1.54) is 11.0 Å². The fraction of sp³-hybridized carbons (Fsp3) is 0.222. The highest BCUT2D eigenvalue weighted by molar-refractivity contribution is 6.32. The molecule has 0 aliphatic carbocycles. The van der Waals surface area contributed by atoms with Gasteiger partial charge in [0.05, 0.1) is 18.1 Å². The number of amides is 2. The Hall–Kier alpha value is -3.91. The van der Waals surface area contributed by atoms with Gasteiger partial charge in [0.15, 0.2) is 0 Å². The number of aromatic nitrogens is 1. The van der Waals surface area contributed by atoms with E-state index in [0.717, 1.165) is 22.3 Å². The minimum atomic E-state index is -0.927. The molecule has 1 atom stereocenters. The van der Waals surface area contributed by atoms with Crippen molar-refractivity contribution in [1.29, 1.82) is 0 Å². The number of nitrogens with two attached hydrogens (primary N) is 1. The number of halogens is 2. The number of hydrogen-bond donors (Lipinski definition) is 2. The number of pyridine rings is 1. The molecule has 2 amide bonds. The molecule has 1 saturated heterocycles. The van der Waals surface area contributed by atoms with Crippen molar-refractivity contribution in [3.63, 3.8) is 0 Å². The highest BCUT2D eigenvalue weighted by Gasteiger charge is 2.31. The van der Waals surface area contributed by atoms with E-state index in [-0.39, 0.29) is 31.0 Å². The van der Waals surface area contributed by atoms with Gasteiger partial charge in [-0.2, -0.15) is 0 Å². The molecular formula is C27H24ClFN4O3. The van der Waals surface area contributed by atoms with E-state index in [9.17, 15) is 14.0 Å². The Morgan fingerprint density at radius 3 is 2.64 bits per heavy atom. The summed E-state index contributed by atoms with van der Waals surface area (Å²) in [5, 5.41) is 3.28. The molecule has 2 aliphatic heterocycles. The lowest BCUT2D eigenvalue weighted by molar-refractivity contribution is -0.116. The minimum Gasteiger partial charge on any atom is -0.484 e. The van der Waals surface area contributed by atoms with Gasteiger partial charge in [-0.1, -0.05) is 29.8 Å². The summed E-state index contributed by atoms with van der Waals surface area (Å²) in [6, 6.07) is 14.5. The lowest BCUT2D eigenvalue weighted by Gasteiger charge is -2.34. The quantitative estimate of drug-likeness (QED) is 0.493. The largest absolute Gasteiger partial charge is 0.484 e. The van der Waals surface area contributed by atoms with E-state index < -0.39 is 6.17 Å². The Kier molecular flexibility index (Phi) is 6.61. The molecule has 0 bridgehead atoms. The normalized spacial score (nSPS) is 16.9. The zero-order valence-corrected chi connectivity index (χ0v) is 20.0. The monoisotopic (exact) mass is 506 g/mol. The summed E-state index contributed by atoms with van der Waals surface area (Å²) in [4.78, 5) is 30.1. The van der Waals surface area contributed by atoms with Crippen molar-refractivity contribution >= 4 is 29.2 Å². The molecule has 1 fully saturated rings. The Labute approximate surface area is 212 Å². The molecule has 184 valence electrons. The average molecular weight is 507 g/mol. The van der Waals surface area contributed by atoms with Gasteiger partial charge in [0.2, 0.25) is 5.91 Å². The van der Waals surface area contributed by atoms with E-state index in [1.807, 2.05) is 24.3 Å². The number of fused-ring (bicyclic) bond motifs is 1. The number of nitrogens with zero attached hydrogens (tertiary/aromatic N) is 2. The zero-order valence-electron chi connectivity index (χ0n) is 19.3. The van der Waals surface area contributed by atoms with Crippen LogP contribution in [0.5, 0.6) is 5.75 Å². The predicted octanol–water partition coefficient (Wildman–Crippen LogP) is 3.95. The highest BCUT2D eigenvalue weighted by atomic mass is 35.5. The summed E-state index contributed by atoms with van der Waals surface area (Å²) < 4.78 is 19.0. The van der Waals surface area contributed by atoms with Crippen LogP contribution < -0.4 is 15.8 Å². The van der Waals surface area contributed by atoms with Crippen molar-refractivity contribution in [1.82, 2.24) is 15.2 Å². The number of anilines is 1. The third-order valence-corrected chi connectivity index (χ3v) is 6.46. The van der Waals surface area contributed by atoms with Gasteiger partial charge in [0.25, 0.3) is 5.91 Å². The molecule has 36 heavy (non-hydrogen) atoms. The molecule has 0 radical (unpaired) electrons. The minimum absolute atomic E-state index is 0.151. The van der Waals surface area contributed by atoms with Crippen LogP contribution in [-0.4, -0.2) is 47.1 Å². The van der Waals surface area contributed by atoms with E-state index >= 15 is 0 Å². The van der Waals surface area contributed by atoms with Gasteiger partial charge in [-0.05, 0) is 53.1 Å². The fourth-order valence-electron chi connectivity index (χ4n) is 4.18. The van der Waals surface area contributed by atoms with Crippen LogP contribution >= 0.6 is 11.6 Å². The van der Waals surface area contributed by atoms with Gasteiger partial charge in [-0.3, -0.25) is 9.59 Å². The standard InChI is InChI=1S/C27H24ClFN4O3/c28-23-11-19(17-2-4-18(5-3-17)27(35)33-14-21(29)15-33)9-20-10-22(36-26(20)23)6-8-25(34)32-13-16-1-7-24(30)31-12-16/h1-9,11-12,21-22H,10,13-15H2,(H2,30,31)(H,32,34). The molecule has 2 aromatic carbocycles. The first kappa shape index (κ1) is 23.8. The number of hydrogen-bond acceptors (Lipinski definition) is 5. The van der Waals surface area contributed by atoms with Crippen molar-refractivity contribution in [2.75, 3.05) is 18.8 Å². The Morgan fingerprint density at radius 2 is 1.94 bits per heavy atom. The molecule has 9 heteroatoms. The number of alkyl halides is 1. The fourth-order valence-corrected chi connectivity index (χ4v) is 4.46. The molecule has 0 saturated carbocycles. The van der Waals surface area contributed by atoms with Crippen molar-refractivity contribution in [3.05, 3.63) is 88.6 Å². The van der Waals surface area contributed by atoms with Crippen LogP contribution in [0.3, 0.4) is 0 Å². The summed E-state index contributed by atoms with van der Waals surface area (Å²) in [6.45, 7) is 0.646. The molecule has 3 heterocycles. The van der Waals surface area contributed by atoms with Crippen LogP contribution in [-0.2, 0) is 17.8 Å². The van der Waals surface area contributed by atoms with Gasteiger partial charge in [-0.15, -0.1) is 0 Å². The second-order valence-corrected chi connectivity index (χ2v) is 9.27. The van der Waals surface area contributed by atoms with Crippen LogP contribution in [0.1, 0.15) is 21.5 Å². The van der Waals surface area contributed by atoms with Gasteiger partial charge < -0.3 is 20.7 Å². The van der Waals surface area contributed by atoms with Crippen LogP contribution in [0.15, 0.2) is 66.9 Å². The summed E-state index contributed by atoms with van der Waals surface area (Å²) in [5.74, 6) is 0.623. The SMILES string of the molecule is Nc1ccc(CNC(=O)C=CC2Cc3cc(-c4ccc(C(=O)N5CC(F)C5)cc4)cc(Cl)c3O2)cn1. The van der Waals surface area contributed by atoms with Crippen molar-refractivity contribution in [2.24, 2.45) is 0 Å². The first-order valence-electron chi connectivity index (χ1n) is 11.5. The summed E-state index contributed by atoms with van der Waals surface area (Å²) >= 11 is 6.51. The second kappa shape index (κ2) is 9.99. The molecular weight excluding hydrogens is 483 g/mol. The smallest absolute Gasteiger partial charge is 0.254 e. The Bertz CT molecular complexity index is 1320. The first-order chi connectivity index (χ1) is 17.4. The number of nitrogen functional groups attached to an aromatic ring is 1. The Morgan fingerprint density at radius 1 is 1.17 bits per heavy atom. The van der Waals surface area contributed by atoms with E-state index in [2.05, 4.69) is 10.3 Å². The number of carbonyl (C=O) groups excluding carboxylic acids is 2. The van der Waals surface area contributed by atoms with Gasteiger partial charge in [-0.25, -0.2) is 9.37 Å². The number of ether oxygens (including phenoxy) is 1. The zero-order chi connectivity index (χ0) is 25.2. The Balaban J connectivity index is 1.20. The number of rotatable bonds is 6. The topological polar surface area (TPSA) is 97.5 Å². The maximum absolute atomic E-state index is 13.1. The predicted molar refractivity (Wildman–Crippen MR) is 135 cm³/mol. The number of nitrogens with one attached hydrogen (secondary N) is 1. The van der Waals surface area contributed by atoms with Crippen molar-refractivity contribution in [2.45, 2.75) is 25.2 Å². The third kappa shape index (κ3) is 5.18. The summed E-state index contributed by atoms with van der Waals surface area (Å²) in [6.07, 6.45) is 4.12. The van der Waals surface area contributed by atoms with E-state index in [1.54, 1.807) is 36.5 Å². The van der Waals surface area contributed by atoms with Crippen LogP contribution in [0.2, 0.25) is 5.02 Å². The van der Waals surface area contributed by atoms with Gasteiger partial charge in [0, 0.05) is 36.4 Å². The molecule has 3 N–H and O–H groups in total. The van der Waals surface area contributed by atoms with E-state index in [0.29, 0.717) is 35.1 Å². The van der Waals surface area contributed by atoms with Crippen molar-refractivity contribution in [3.8, 4) is 16.9 Å². The molecule has 7 nitrogen and oxygen atoms in total. The molecule has 0 spiro atoms. The molecule has 1 aromatic heterocycles. The number of carbonyl (C=O) groups is 2. The average Bonchev–Trinajstić information content (AvgIpc) is 3.29. The second-order valence-electron chi connectivity index (χ2n) is 8.86. The van der Waals surface area contributed by atoms with Crippen LogP contribution in [0, 0.1) is 0 Å². The number of benzene rings is 2. The van der Waals surface area contributed by atoms with Gasteiger partial charge in [0.1, 0.15) is 23.8 Å². The third-order valence-electron chi connectivity index (χ3n) is 6.18. The molecule has 2 aliphatic rings. The summed E-state index contributed by atoms with van der Waals surface area (Å²) in [5.41, 5.74) is 9.68. The molecule has 3 aromatic rings. The maximum Gasteiger partial charge on any atom is 0.254 e. The van der Waals surface area contributed by atoms with E-state index in [4.69, 9.17) is 22.1 Å². The lowest BCUT2D eigenvalue weighted by atomic mass is 9.99. The molecule has 1 unspecified atom stereocenters. The van der Waals surface area contributed by atoms with Crippen LogP contribution in [0.4, 0.5) is 10.2 Å². The molecule has 5 rings (SSSR count).